The highest BCUT2D eigenvalue weighted by Gasteiger charge is 2.11. The van der Waals surface area contributed by atoms with Gasteiger partial charge in [-0.2, -0.15) is 0 Å². The first-order valence-corrected chi connectivity index (χ1v) is 9.24. The Labute approximate surface area is 154 Å². The Morgan fingerprint density at radius 2 is 1.65 bits per heavy atom. The Balaban J connectivity index is 0.00000127. The molecule has 0 radical (unpaired) electrons. The summed E-state index contributed by atoms with van der Waals surface area (Å²) in [6.07, 6.45) is 0. The van der Waals surface area contributed by atoms with Crippen LogP contribution in [0.25, 0.3) is 0 Å². The van der Waals surface area contributed by atoms with Crippen LogP contribution in [0.15, 0.2) is 46.9 Å². The van der Waals surface area contributed by atoms with Gasteiger partial charge in [-0.1, -0.05) is 29.8 Å². The van der Waals surface area contributed by atoms with Crippen molar-refractivity contribution in [2.45, 2.75) is 13.8 Å². The van der Waals surface area contributed by atoms with Gasteiger partial charge < -0.3 is 9.47 Å². The smallest absolute Gasteiger partial charge is 0.193 e. The van der Waals surface area contributed by atoms with Crippen LogP contribution in [0.1, 0.15) is 29.8 Å². The lowest BCUT2D eigenvalue weighted by Crippen LogP contribution is -2.03. The monoisotopic (exact) mass is 442 g/mol. The van der Waals surface area contributed by atoms with Gasteiger partial charge in [0.1, 0.15) is 11.5 Å². The molecule has 2 aromatic rings. The predicted molar refractivity (Wildman–Crippen MR) is 101 cm³/mol. The van der Waals surface area contributed by atoms with E-state index in [1.807, 2.05) is 13.8 Å². The van der Waals surface area contributed by atoms with Crippen molar-refractivity contribution in [1.82, 2.24) is 0 Å². The molecule has 3 nitrogen and oxygen atoms in total. The molecule has 0 spiro atoms. The minimum atomic E-state index is -0.0367. The lowest BCUT2D eigenvalue weighted by molar-refractivity contribution is 0.103. The van der Waals surface area contributed by atoms with Crippen LogP contribution in [-0.2, 0) is 0 Å². The topological polar surface area (TPSA) is 35.5 Å². The van der Waals surface area contributed by atoms with E-state index in [0.29, 0.717) is 17.7 Å². The van der Waals surface area contributed by atoms with E-state index in [1.165, 1.54) is 0 Å². The summed E-state index contributed by atoms with van der Waals surface area (Å²) < 4.78 is 11.4. The molecular weight excluding hydrogens is 424 g/mol. The second-order valence-corrected chi connectivity index (χ2v) is 5.89. The maximum atomic E-state index is 12.4. The highest BCUT2D eigenvalue weighted by molar-refractivity contribution is 9.10. The zero-order chi connectivity index (χ0) is 17.2. The standard InChI is InChI=1S/C16H14Br2O3.C2H6/c1-20-13-5-2-11(3-6-13)16(19)12-4-7-15(14(18)10-12)21-9-8-17;1-2/h2-7,10H,8-9H2,1H3;1-2H3. The average molecular weight is 444 g/mol. The summed E-state index contributed by atoms with van der Waals surface area (Å²) in [5.41, 5.74) is 1.23. The van der Waals surface area contributed by atoms with Gasteiger partial charge in [-0.25, -0.2) is 0 Å². The van der Waals surface area contributed by atoms with Crippen LogP contribution in [0.3, 0.4) is 0 Å². The van der Waals surface area contributed by atoms with Crippen molar-refractivity contribution in [1.29, 1.82) is 0 Å². The van der Waals surface area contributed by atoms with Crippen molar-refractivity contribution in [3.05, 3.63) is 58.1 Å². The minimum absolute atomic E-state index is 0.0367. The fraction of sp³-hybridized carbons (Fsp3) is 0.278. The molecule has 0 unspecified atom stereocenters. The summed E-state index contributed by atoms with van der Waals surface area (Å²) in [6, 6.07) is 12.4. The first-order valence-electron chi connectivity index (χ1n) is 7.32. The number of ketones is 1. The quantitative estimate of drug-likeness (QED) is 0.437. The second-order valence-electron chi connectivity index (χ2n) is 4.24. The Kier molecular flexibility index (Phi) is 8.95. The molecule has 5 heteroatoms. The highest BCUT2D eigenvalue weighted by atomic mass is 79.9. The number of hydrogen-bond donors (Lipinski definition) is 0. The van der Waals surface area contributed by atoms with Crippen LogP contribution >= 0.6 is 31.9 Å². The van der Waals surface area contributed by atoms with Crippen LogP contribution in [0.4, 0.5) is 0 Å². The summed E-state index contributed by atoms with van der Waals surface area (Å²) in [4.78, 5) is 12.4. The van der Waals surface area contributed by atoms with E-state index in [0.717, 1.165) is 21.3 Å². The van der Waals surface area contributed by atoms with Crippen LogP contribution in [0.5, 0.6) is 11.5 Å². The molecule has 2 rings (SSSR count). The number of rotatable bonds is 6. The van der Waals surface area contributed by atoms with E-state index < -0.39 is 0 Å². The van der Waals surface area contributed by atoms with E-state index in [2.05, 4.69) is 31.9 Å². The van der Waals surface area contributed by atoms with Gasteiger partial charge in [-0.3, -0.25) is 4.79 Å². The van der Waals surface area contributed by atoms with E-state index >= 15 is 0 Å². The molecule has 2 aromatic carbocycles. The molecule has 0 aliphatic heterocycles. The van der Waals surface area contributed by atoms with Gasteiger partial charge in [0.25, 0.3) is 0 Å². The molecule has 0 amide bonds. The van der Waals surface area contributed by atoms with E-state index in [9.17, 15) is 4.79 Å². The van der Waals surface area contributed by atoms with Crippen molar-refractivity contribution in [3.63, 3.8) is 0 Å². The fourth-order valence-corrected chi connectivity index (χ4v) is 2.47. The molecule has 0 aliphatic carbocycles. The summed E-state index contributed by atoms with van der Waals surface area (Å²) in [7, 11) is 1.60. The second kappa shape index (κ2) is 10.4. The van der Waals surface area contributed by atoms with E-state index in [1.54, 1.807) is 49.6 Å². The molecule has 0 atom stereocenters. The van der Waals surface area contributed by atoms with Gasteiger partial charge in [-0.15, -0.1) is 0 Å². The van der Waals surface area contributed by atoms with Crippen molar-refractivity contribution >= 4 is 37.6 Å². The highest BCUT2D eigenvalue weighted by Crippen LogP contribution is 2.27. The number of carbonyl (C=O) groups excluding carboxylic acids is 1. The first kappa shape index (κ1) is 19.7. The molecule has 0 saturated carbocycles. The fourth-order valence-electron chi connectivity index (χ4n) is 1.82. The first-order chi connectivity index (χ1) is 11.2. The summed E-state index contributed by atoms with van der Waals surface area (Å²) in [6.45, 7) is 4.57. The Hall–Kier alpha value is -1.33. The normalized spacial score (nSPS) is 9.61. The third-order valence-corrected chi connectivity index (χ3v) is 3.82. The number of ether oxygens (including phenoxy) is 2. The SMILES string of the molecule is CC.COc1ccc(C(=O)c2ccc(OCCBr)c(Br)c2)cc1. The molecule has 124 valence electrons. The molecule has 0 saturated heterocycles. The van der Waals surface area contributed by atoms with Crippen LogP contribution in [-0.4, -0.2) is 24.8 Å². The lowest BCUT2D eigenvalue weighted by atomic mass is 10.0. The van der Waals surface area contributed by atoms with Crippen molar-refractivity contribution < 1.29 is 14.3 Å². The molecule has 0 N–H and O–H groups in total. The number of alkyl halides is 1. The van der Waals surface area contributed by atoms with Crippen LogP contribution < -0.4 is 9.47 Å². The zero-order valence-corrected chi connectivity index (χ0v) is 16.6. The molecule has 0 bridgehead atoms. The Bertz CT molecular complexity index is 625. The maximum Gasteiger partial charge on any atom is 0.193 e. The van der Waals surface area contributed by atoms with Gasteiger partial charge in [-0.05, 0) is 58.4 Å². The number of halogens is 2. The number of methoxy groups -OCH3 is 1. The summed E-state index contributed by atoms with van der Waals surface area (Å²) >= 11 is 6.74. The van der Waals surface area contributed by atoms with Crippen molar-refractivity contribution in [3.8, 4) is 11.5 Å². The number of benzene rings is 2. The maximum absolute atomic E-state index is 12.4. The Morgan fingerprint density at radius 1 is 1.04 bits per heavy atom. The molecule has 0 aromatic heterocycles. The van der Waals surface area contributed by atoms with Gasteiger partial charge in [0, 0.05) is 16.5 Å². The third kappa shape index (κ3) is 5.66. The van der Waals surface area contributed by atoms with Crippen molar-refractivity contribution in [2.75, 3.05) is 19.0 Å². The molecule has 0 aliphatic rings. The predicted octanol–water partition coefficient (Wildman–Crippen LogP) is 5.49. The number of carbonyl (C=O) groups is 1. The number of hydrogen-bond acceptors (Lipinski definition) is 3. The van der Waals surface area contributed by atoms with Gasteiger partial charge in [0.05, 0.1) is 18.2 Å². The Morgan fingerprint density at radius 3 is 2.17 bits per heavy atom. The van der Waals surface area contributed by atoms with E-state index in [4.69, 9.17) is 9.47 Å². The van der Waals surface area contributed by atoms with Gasteiger partial charge >= 0.3 is 0 Å². The van der Waals surface area contributed by atoms with E-state index in [-0.39, 0.29) is 5.78 Å². The van der Waals surface area contributed by atoms with Gasteiger partial charge in [0.2, 0.25) is 0 Å². The van der Waals surface area contributed by atoms with Crippen LogP contribution in [0, 0.1) is 0 Å². The van der Waals surface area contributed by atoms with Crippen LogP contribution in [0.2, 0.25) is 0 Å². The summed E-state index contributed by atoms with van der Waals surface area (Å²) in [5.74, 6) is 1.41. The largest absolute Gasteiger partial charge is 0.497 e. The molecule has 0 heterocycles. The third-order valence-electron chi connectivity index (χ3n) is 2.88. The van der Waals surface area contributed by atoms with Gasteiger partial charge in [0.15, 0.2) is 5.78 Å². The molecule has 23 heavy (non-hydrogen) atoms. The summed E-state index contributed by atoms with van der Waals surface area (Å²) in [5, 5.41) is 0.756. The zero-order valence-electron chi connectivity index (χ0n) is 13.4. The lowest BCUT2D eigenvalue weighted by Gasteiger charge is -2.08. The average Bonchev–Trinajstić information content (AvgIpc) is 2.62. The van der Waals surface area contributed by atoms with Crippen molar-refractivity contribution in [2.24, 2.45) is 0 Å². The minimum Gasteiger partial charge on any atom is -0.497 e. The molecule has 0 fully saturated rings. The molecular formula is C18H20Br2O3.